The van der Waals surface area contributed by atoms with Crippen LogP contribution in [0.25, 0.3) is 0 Å². The van der Waals surface area contributed by atoms with Crippen molar-refractivity contribution in [3.05, 3.63) is 70.3 Å². The number of hydrogen-bond acceptors (Lipinski definition) is 6. The summed E-state index contributed by atoms with van der Waals surface area (Å²) in [7, 11) is -3.91. The molecule has 9 heteroatoms. The van der Waals surface area contributed by atoms with Crippen LogP contribution >= 0.6 is 11.6 Å². The average molecular weight is 695 g/mol. The second-order valence-corrected chi connectivity index (χ2v) is 17.6. The lowest BCUT2D eigenvalue weighted by Gasteiger charge is -2.46. The number of carbonyl (C=O) groups is 1. The van der Waals surface area contributed by atoms with Gasteiger partial charge in [0.2, 0.25) is 10.0 Å². The van der Waals surface area contributed by atoms with E-state index < -0.39 is 21.2 Å². The van der Waals surface area contributed by atoms with Crippen LogP contribution in [0.1, 0.15) is 99.5 Å². The maximum absolute atomic E-state index is 13.9. The van der Waals surface area contributed by atoms with E-state index in [1.54, 1.807) is 6.07 Å². The highest BCUT2D eigenvalue weighted by Crippen LogP contribution is 2.47. The molecule has 1 N–H and O–H groups in total. The van der Waals surface area contributed by atoms with E-state index in [1.807, 2.05) is 25.1 Å². The molecule has 5 aliphatic rings. The number of unbranched alkanes of at least 4 members (excludes halogenated alkanes) is 1. The highest BCUT2D eigenvalue weighted by molar-refractivity contribution is 7.90. The van der Waals surface area contributed by atoms with Crippen molar-refractivity contribution in [1.82, 2.24) is 4.72 Å². The summed E-state index contributed by atoms with van der Waals surface area (Å²) in [6.45, 7) is 7.02. The van der Waals surface area contributed by atoms with Crippen LogP contribution in [0.15, 0.2) is 48.6 Å². The van der Waals surface area contributed by atoms with E-state index in [-0.39, 0.29) is 17.4 Å². The Morgan fingerprint density at radius 2 is 1.98 bits per heavy atom. The molecule has 1 spiro atoms. The lowest BCUT2D eigenvalue weighted by Crippen LogP contribution is -2.49. The van der Waals surface area contributed by atoms with E-state index in [4.69, 9.17) is 21.1 Å². The second-order valence-electron chi connectivity index (χ2n) is 15.3. The van der Waals surface area contributed by atoms with Crippen molar-refractivity contribution in [3.63, 3.8) is 0 Å². The van der Waals surface area contributed by atoms with Gasteiger partial charge in [-0.15, -0.1) is 0 Å². The second kappa shape index (κ2) is 14.0. The standard InChI is InChI=1S/C39H51ClN2O5S/c1-3-4-19-46-35-9-5-7-26(2)37(20-27-10-11-27)48(44,45)41-38(43)29-13-17-36-34(22-29)42(23-30-12-15-32(30)35)24-39(25-47-36)18-6-8-28-21-31(40)14-16-33(28)39/h5,9,13-14,16-17,21-22,26-27,30,32,35,37H,3-4,6-8,10-12,15,18-20,23-25H2,1-2H3,(H,41,43)/b9-5+/t26-,30-,32+,35-,37+,39-/m0/s1. The Labute approximate surface area is 291 Å². The van der Waals surface area contributed by atoms with Crippen molar-refractivity contribution in [2.24, 2.45) is 23.7 Å². The Morgan fingerprint density at radius 1 is 1.12 bits per heavy atom. The van der Waals surface area contributed by atoms with E-state index in [9.17, 15) is 13.2 Å². The molecule has 0 saturated heterocycles. The number of nitrogens with one attached hydrogen (secondary N) is 1. The van der Waals surface area contributed by atoms with Crippen LogP contribution in [-0.2, 0) is 26.6 Å². The monoisotopic (exact) mass is 694 g/mol. The Hall–Kier alpha value is -2.55. The smallest absolute Gasteiger partial charge is 0.264 e. The first-order chi connectivity index (χ1) is 23.2. The highest BCUT2D eigenvalue weighted by atomic mass is 35.5. The zero-order valence-electron chi connectivity index (χ0n) is 28.5. The van der Waals surface area contributed by atoms with Crippen molar-refractivity contribution >= 4 is 33.2 Å². The average Bonchev–Trinajstić information content (AvgIpc) is 3.88. The number of anilines is 1. The molecule has 2 fully saturated rings. The predicted molar refractivity (Wildman–Crippen MR) is 192 cm³/mol. The number of nitrogens with zero attached hydrogens (tertiary/aromatic N) is 1. The third-order valence-electron chi connectivity index (χ3n) is 11.8. The quantitative estimate of drug-likeness (QED) is 0.245. The first-order valence-electron chi connectivity index (χ1n) is 18.3. The zero-order valence-corrected chi connectivity index (χ0v) is 30.0. The third-order valence-corrected chi connectivity index (χ3v) is 14.0. The molecule has 2 heterocycles. The molecular weight excluding hydrogens is 644 g/mol. The molecule has 6 atom stereocenters. The maximum Gasteiger partial charge on any atom is 0.264 e. The van der Waals surface area contributed by atoms with E-state index in [0.29, 0.717) is 42.8 Å². The van der Waals surface area contributed by atoms with Gasteiger partial charge in [0, 0.05) is 35.7 Å². The van der Waals surface area contributed by atoms with E-state index in [1.165, 1.54) is 11.1 Å². The minimum absolute atomic E-state index is 0.00543. The lowest BCUT2D eigenvalue weighted by atomic mass is 9.68. The Bertz CT molecular complexity index is 1640. The third kappa shape index (κ3) is 7.04. The number of rotatable bonds is 6. The number of ether oxygens (including phenoxy) is 2. The first-order valence-corrected chi connectivity index (χ1v) is 20.2. The molecule has 48 heavy (non-hydrogen) atoms. The fraction of sp³-hybridized carbons (Fsp3) is 0.615. The van der Waals surface area contributed by atoms with Gasteiger partial charge in [0.25, 0.3) is 5.91 Å². The molecule has 2 aromatic carbocycles. The number of carbonyl (C=O) groups excluding carboxylic acids is 1. The van der Waals surface area contributed by atoms with Crippen LogP contribution in [-0.4, -0.2) is 52.0 Å². The SMILES string of the molecule is CCCCO[C@H]1/C=C/C[C@H](C)[C@@H](CC2CC2)S(=O)(=O)NC(=O)c2ccc3c(c2)N(C[C@@H]2CC[C@H]21)C[C@@]1(CCCc2cc(Cl)ccc21)CO3. The van der Waals surface area contributed by atoms with Gasteiger partial charge in [-0.3, -0.25) is 4.79 Å². The van der Waals surface area contributed by atoms with Crippen LogP contribution in [0.3, 0.4) is 0 Å². The zero-order chi connectivity index (χ0) is 33.5. The molecular formula is C39H51ClN2O5S. The van der Waals surface area contributed by atoms with Gasteiger partial charge >= 0.3 is 0 Å². The highest BCUT2D eigenvalue weighted by Gasteiger charge is 2.45. The Balaban J connectivity index is 1.28. The van der Waals surface area contributed by atoms with E-state index in [0.717, 1.165) is 93.9 Å². The molecule has 260 valence electrons. The molecule has 3 aliphatic carbocycles. The number of amides is 1. The molecule has 7 nitrogen and oxygen atoms in total. The molecule has 2 saturated carbocycles. The van der Waals surface area contributed by atoms with Gasteiger partial charge in [0.15, 0.2) is 0 Å². The Morgan fingerprint density at radius 3 is 2.75 bits per heavy atom. The molecule has 0 radical (unpaired) electrons. The minimum atomic E-state index is -3.91. The molecule has 1 amide bonds. The number of fused-ring (bicyclic) bond motifs is 4. The summed E-state index contributed by atoms with van der Waals surface area (Å²) in [5.74, 6) is 1.24. The molecule has 2 aliphatic heterocycles. The summed E-state index contributed by atoms with van der Waals surface area (Å²) < 4.78 is 43.5. The molecule has 0 aromatic heterocycles. The van der Waals surface area contributed by atoms with Crippen molar-refractivity contribution in [2.45, 2.75) is 101 Å². The van der Waals surface area contributed by atoms with Gasteiger partial charge < -0.3 is 14.4 Å². The van der Waals surface area contributed by atoms with Gasteiger partial charge in [0.1, 0.15) is 5.75 Å². The number of sulfonamides is 1. The summed E-state index contributed by atoms with van der Waals surface area (Å²) in [5, 5.41) is 0.121. The van der Waals surface area contributed by atoms with Gasteiger partial charge in [-0.2, -0.15) is 0 Å². The van der Waals surface area contributed by atoms with Crippen LogP contribution in [0.5, 0.6) is 5.75 Å². The first kappa shape index (κ1) is 33.9. The van der Waals surface area contributed by atoms with Crippen molar-refractivity contribution < 1.29 is 22.7 Å². The van der Waals surface area contributed by atoms with E-state index >= 15 is 0 Å². The van der Waals surface area contributed by atoms with E-state index in [2.05, 4.69) is 40.8 Å². The lowest BCUT2D eigenvalue weighted by molar-refractivity contribution is -0.0150. The summed E-state index contributed by atoms with van der Waals surface area (Å²) in [5.41, 5.74) is 3.55. The predicted octanol–water partition coefficient (Wildman–Crippen LogP) is 7.85. The summed E-state index contributed by atoms with van der Waals surface area (Å²) in [4.78, 5) is 16.2. The summed E-state index contributed by atoms with van der Waals surface area (Å²) in [6.07, 6.45) is 15.1. The fourth-order valence-corrected chi connectivity index (χ4v) is 10.6. The largest absolute Gasteiger partial charge is 0.490 e. The van der Waals surface area contributed by atoms with Gasteiger partial charge in [-0.05, 0) is 116 Å². The van der Waals surface area contributed by atoms with Crippen molar-refractivity contribution in [1.29, 1.82) is 0 Å². The van der Waals surface area contributed by atoms with Crippen LogP contribution in [0, 0.1) is 23.7 Å². The van der Waals surface area contributed by atoms with Crippen LogP contribution in [0.4, 0.5) is 5.69 Å². The number of halogens is 1. The maximum atomic E-state index is 13.9. The normalized spacial score (nSPS) is 32.2. The summed E-state index contributed by atoms with van der Waals surface area (Å²) >= 11 is 6.46. The van der Waals surface area contributed by atoms with Gasteiger partial charge in [-0.1, -0.05) is 62.9 Å². The number of allylic oxidation sites excluding steroid dienone is 1. The van der Waals surface area contributed by atoms with Crippen molar-refractivity contribution in [2.75, 3.05) is 31.2 Å². The van der Waals surface area contributed by atoms with Gasteiger partial charge in [0.05, 0.1) is 23.6 Å². The number of aryl methyl sites for hydroxylation is 1. The van der Waals surface area contributed by atoms with Gasteiger partial charge in [-0.25, -0.2) is 13.1 Å². The number of benzene rings is 2. The van der Waals surface area contributed by atoms with Crippen molar-refractivity contribution in [3.8, 4) is 5.75 Å². The summed E-state index contributed by atoms with van der Waals surface area (Å²) in [6, 6.07) is 11.7. The fourth-order valence-electron chi connectivity index (χ4n) is 8.67. The topological polar surface area (TPSA) is 84.9 Å². The molecule has 7 rings (SSSR count). The van der Waals surface area contributed by atoms with Crippen LogP contribution in [0.2, 0.25) is 5.02 Å². The molecule has 2 bridgehead atoms. The van der Waals surface area contributed by atoms with Crippen LogP contribution < -0.4 is 14.4 Å². The number of hydrogen-bond donors (Lipinski definition) is 1. The minimum Gasteiger partial charge on any atom is -0.490 e. The molecule has 0 unspecified atom stereocenters. The Kier molecular flexibility index (Phi) is 9.89. The molecule has 2 aromatic rings.